The highest BCUT2D eigenvalue weighted by molar-refractivity contribution is 5.93. The minimum atomic E-state index is 0.396. The third-order valence-electron chi connectivity index (χ3n) is 2.69. The van der Waals surface area contributed by atoms with Gasteiger partial charge >= 0.3 is 0 Å². The van der Waals surface area contributed by atoms with Crippen LogP contribution in [0.1, 0.15) is 20.3 Å². The number of aliphatic imine (C=N–C) groups is 1. The average Bonchev–Trinajstić information content (AvgIpc) is 2.65. The number of rotatable bonds is 4. The van der Waals surface area contributed by atoms with E-state index in [0.717, 1.165) is 25.3 Å². The predicted molar refractivity (Wildman–Crippen MR) is 66.1 cm³/mol. The van der Waals surface area contributed by atoms with Crippen molar-refractivity contribution in [1.82, 2.24) is 10.2 Å². The molecule has 0 bridgehead atoms. The summed E-state index contributed by atoms with van der Waals surface area (Å²) in [5.41, 5.74) is 0. The van der Waals surface area contributed by atoms with Crippen molar-refractivity contribution in [3.8, 4) is 0 Å². The molecule has 0 aromatic rings. The Hall–Kier alpha value is -1.09. The molecule has 1 fully saturated rings. The van der Waals surface area contributed by atoms with E-state index in [9.17, 15) is 0 Å². The summed E-state index contributed by atoms with van der Waals surface area (Å²) in [6.45, 7) is 14.0. The largest absolute Gasteiger partial charge is 0.348 e. The first-order valence-corrected chi connectivity index (χ1v) is 5.49. The Morgan fingerprint density at radius 3 is 2.73 bits per heavy atom. The molecule has 1 aliphatic rings. The molecule has 0 radical (unpaired) electrons. The zero-order chi connectivity index (χ0) is 11.3. The zero-order valence-electron chi connectivity index (χ0n) is 9.74. The Bertz CT molecular complexity index is 256. The molecule has 0 aromatic carbocycles. The molecule has 3 nitrogen and oxygen atoms in total. The lowest BCUT2D eigenvalue weighted by atomic mass is 10.3. The molecule has 84 valence electrons. The topological polar surface area (TPSA) is 27.6 Å². The van der Waals surface area contributed by atoms with Crippen molar-refractivity contribution in [2.45, 2.75) is 32.4 Å². The fourth-order valence-corrected chi connectivity index (χ4v) is 1.79. The van der Waals surface area contributed by atoms with Crippen LogP contribution in [0, 0.1) is 0 Å². The molecule has 0 aliphatic carbocycles. The fourth-order valence-electron chi connectivity index (χ4n) is 1.79. The van der Waals surface area contributed by atoms with Crippen LogP contribution < -0.4 is 5.32 Å². The Kier molecular flexibility index (Phi) is 4.56. The first kappa shape index (κ1) is 12.0. The predicted octanol–water partition coefficient (Wildman–Crippen LogP) is 1.79. The van der Waals surface area contributed by atoms with Gasteiger partial charge in [-0.1, -0.05) is 13.2 Å². The number of hydrogen-bond acceptors (Lipinski definition) is 2. The van der Waals surface area contributed by atoms with Gasteiger partial charge in [-0.05, 0) is 32.5 Å². The first-order valence-electron chi connectivity index (χ1n) is 5.49. The van der Waals surface area contributed by atoms with Crippen LogP contribution in [-0.4, -0.2) is 35.9 Å². The molecule has 0 saturated carbocycles. The third-order valence-corrected chi connectivity index (χ3v) is 2.69. The van der Waals surface area contributed by atoms with Crippen molar-refractivity contribution >= 4 is 5.84 Å². The van der Waals surface area contributed by atoms with E-state index in [1.54, 1.807) is 12.3 Å². The van der Waals surface area contributed by atoms with Crippen LogP contribution in [0.3, 0.4) is 0 Å². The summed E-state index contributed by atoms with van der Waals surface area (Å²) in [4.78, 5) is 7.04. The summed E-state index contributed by atoms with van der Waals surface area (Å²) in [6.07, 6.45) is 4.50. The van der Waals surface area contributed by atoms with Gasteiger partial charge in [-0.15, -0.1) is 0 Å². The van der Waals surface area contributed by atoms with Crippen LogP contribution in [0.15, 0.2) is 30.4 Å². The van der Waals surface area contributed by atoms with Gasteiger partial charge in [0.15, 0.2) is 0 Å². The highest BCUT2D eigenvalue weighted by Gasteiger charge is 2.23. The van der Waals surface area contributed by atoms with Gasteiger partial charge in [-0.3, -0.25) is 9.89 Å². The molecular formula is C12H21N3. The molecule has 1 unspecified atom stereocenters. The average molecular weight is 207 g/mol. The number of nitrogens with one attached hydrogen (secondary N) is 1. The van der Waals surface area contributed by atoms with Gasteiger partial charge in [-0.25, -0.2) is 0 Å². The maximum Gasteiger partial charge on any atom is 0.124 e. The first-order chi connectivity index (χ1) is 7.17. The van der Waals surface area contributed by atoms with E-state index in [-0.39, 0.29) is 0 Å². The minimum Gasteiger partial charge on any atom is -0.348 e. The van der Waals surface area contributed by atoms with Gasteiger partial charge < -0.3 is 5.32 Å². The van der Waals surface area contributed by atoms with Gasteiger partial charge in [0, 0.05) is 19.1 Å². The fraction of sp³-hybridized carbons (Fsp3) is 0.583. The second-order valence-corrected chi connectivity index (χ2v) is 4.10. The lowest BCUT2D eigenvalue weighted by Gasteiger charge is -2.19. The summed E-state index contributed by atoms with van der Waals surface area (Å²) in [5.74, 6) is 0.820. The van der Waals surface area contributed by atoms with Gasteiger partial charge in [0.1, 0.15) is 5.84 Å². The maximum absolute atomic E-state index is 4.59. The molecule has 1 saturated heterocycles. The maximum atomic E-state index is 4.59. The lowest BCUT2D eigenvalue weighted by molar-refractivity contribution is 0.273. The Balaban J connectivity index is 2.52. The SMILES string of the molecule is C=CNC(C=C)=NC1CCN(C(C)C)C1. The van der Waals surface area contributed by atoms with E-state index in [0.29, 0.717) is 12.1 Å². The van der Waals surface area contributed by atoms with Gasteiger partial charge in [-0.2, -0.15) is 0 Å². The van der Waals surface area contributed by atoms with Gasteiger partial charge in [0.25, 0.3) is 0 Å². The molecule has 1 heterocycles. The molecule has 1 atom stereocenters. The number of likely N-dealkylation sites (tertiary alicyclic amines) is 1. The molecular weight excluding hydrogens is 186 g/mol. The van der Waals surface area contributed by atoms with E-state index < -0.39 is 0 Å². The van der Waals surface area contributed by atoms with Crippen molar-refractivity contribution in [1.29, 1.82) is 0 Å². The number of nitrogens with zero attached hydrogens (tertiary/aromatic N) is 2. The van der Waals surface area contributed by atoms with Crippen LogP contribution in [-0.2, 0) is 0 Å². The van der Waals surface area contributed by atoms with Crippen molar-refractivity contribution in [2.75, 3.05) is 13.1 Å². The quantitative estimate of drug-likeness (QED) is 0.562. The third kappa shape index (κ3) is 3.51. The van der Waals surface area contributed by atoms with E-state index in [4.69, 9.17) is 0 Å². The van der Waals surface area contributed by atoms with E-state index >= 15 is 0 Å². The molecule has 1 N–H and O–H groups in total. The highest BCUT2D eigenvalue weighted by Crippen LogP contribution is 2.15. The second-order valence-electron chi connectivity index (χ2n) is 4.10. The minimum absolute atomic E-state index is 0.396. The number of amidine groups is 1. The summed E-state index contributed by atoms with van der Waals surface area (Å²) >= 11 is 0. The molecule has 1 rings (SSSR count). The van der Waals surface area contributed by atoms with Crippen molar-refractivity contribution in [3.63, 3.8) is 0 Å². The summed E-state index contributed by atoms with van der Waals surface area (Å²) in [6, 6.07) is 1.01. The number of hydrogen-bond donors (Lipinski definition) is 1. The van der Waals surface area contributed by atoms with Gasteiger partial charge in [0.2, 0.25) is 0 Å². The van der Waals surface area contributed by atoms with E-state index in [1.165, 1.54) is 0 Å². The van der Waals surface area contributed by atoms with E-state index in [2.05, 4.69) is 42.2 Å². The van der Waals surface area contributed by atoms with Crippen LogP contribution >= 0.6 is 0 Å². The highest BCUT2D eigenvalue weighted by atomic mass is 15.2. The molecule has 3 heteroatoms. The summed E-state index contributed by atoms with van der Waals surface area (Å²) in [5, 5.41) is 2.98. The molecule has 15 heavy (non-hydrogen) atoms. The Morgan fingerprint density at radius 1 is 1.53 bits per heavy atom. The summed E-state index contributed by atoms with van der Waals surface area (Å²) < 4.78 is 0. The standard InChI is InChI=1S/C12H21N3/c1-5-12(13-6-2)14-11-7-8-15(9-11)10(3)4/h5-6,10-11H,1-2,7-9H2,3-4H3,(H,13,14). The molecule has 0 spiro atoms. The van der Waals surface area contributed by atoms with Crippen molar-refractivity contribution < 1.29 is 0 Å². The smallest absolute Gasteiger partial charge is 0.124 e. The Labute approximate surface area is 92.6 Å². The van der Waals surface area contributed by atoms with Crippen LogP contribution in [0.2, 0.25) is 0 Å². The monoisotopic (exact) mass is 207 g/mol. The van der Waals surface area contributed by atoms with Crippen LogP contribution in [0.4, 0.5) is 0 Å². The summed E-state index contributed by atoms with van der Waals surface area (Å²) in [7, 11) is 0. The lowest BCUT2D eigenvalue weighted by Crippen LogP contribution is -2.29. The molecule has 0 aromatic heterocycles. The van der Waals surface area contributed by atoms with Gasteiger partial charge in [0.05, 0.1) is 6.04 Å². The molecule has 0 amide bonds. The zero-order valence-corrected chi connectivity index (χ0v) is 9.74. The van der Waals surface area contributed by atoms with Crippen LogP contribution in [0.25, 0.3) is 0 Å². The van der Waals surface area contributed by atoms with Crippen molar-refractivity contribution in [2.24, 2.45) is 4.99 Å². The molecule has 1 aliphatic heterocycles. The van der Waals surface area contributed by atoms with Crippen molar-refractivity contribution in [3.05, 3.63) is 25.4 Å². The van der Waals surface area contributed by atoms with E-state index in [1.807, 2.05) is 0 Å². The normalized spacial score (nSPS) is 23.1. The second kappa shape index (κ2) is 5.71. The Morgan fingerprint density at radius 2 is 2.27 bits per heavy atom. The van der Waals surface area contributed by atoms with Crippen LogP contribution in [0.5, 0.6) is 0 Å².